The van der Waals surface area contributed by atoms with Crippen molar-refractivity contribution in [1.29, 1.82) is 0 Å². The number of quaternary nitrogens is 1. The lowest BCUT2D eigenvalue weighted by molar-refractivity contribution is -0.892. The third-order valence-electron chi connectivity index (χ3n) is 8.99. The minimum atomic E-state index is -1.31. The molecule has 2 fully saturated rings. The molecule has 0 radical (unpaired) electrons. The largest absolute Gasteiger partial charge is 0.511 e. The maximum absolute atomic E-state index is 14.2. The van der Waals surface area contributed by atoms with Crippen molar-refractivity contribution < 1.29 is 23.9 Å². The molecule has 1 saturated carbocycles. The minimum Gasteiger partial charge on any atom is -0.449 e. The molecule has 5 rings (SSSR count). The number of carbonyl (C=O) groups excluding carboxylic acids is 1. The molecule has 1 amide bonds. The summed E-state index contributed by atoms with van der Waals surface area (Å²) in [6.45, 7) is 5.64. The Morgan fingerprint density at radius 2 is 1.78 bits per heavy atom. The maximum Gasteiger partial charge on any atom is 0.511 e. The zero-order valence-corrected chi connectivity index (χ0v) is 22.3. The number of benzene rings is 1. The van der Waals surface area contributed by atoms with Gasteiger partial charge in [-0.05, 0) is 56.7 Å². The Kier molecular flexibility index (Phi) is 7.21. The average molecular weight is 508 g/mol. The average Bonchev–Trinajstić information content (AvgIpc) is 3.52. The highest BCUT2D eigenvalue weighted by Gasteiger charge is 2.50. The molecule has 8 heteroatoms. The van der Waals surface area contributed by atoms with Crippen molar-refractivity contribution in [3.8, 4) is 5.75 Å². The van der Waals surface area contributed by atoms with Crippen molar-refractivity contribution in [1.82, 2.24) is 9.97 Å². The van der Waals surface area contributed by atoms with Gasteiger partial charge in [-0.3, -0.25) is 4.48 Å². The molecule has 8 nitrogen and oxygen atoms in total. The molecule has 0 spiro atoms. The van der Waals surface area contributed by atoms with Crippen LogP contribution in [0.15, 0.2) is 24.3 Å². The molecule has 1 aromatic heterocycles. The number of amides is 1. The normalized spacial score (nSPS) is 22.0. The van der Waals surface area contributed by atoms with E-state index in [0.29, 0.717) is 28.5 Å². The summed E-state index contributed by atoms with van der Waals surface area (Å²) in [5, 5.41) is 9.15. The Morgan fingerprint density at radius 3 is 2.46 bits per heavy atom. The van der Waals surface area contributed by atoms with Crippen LogP contribution in [-0.2, 0) is 11.2 Å². The van der Waals surface area contributed by atoms with E-state index in [1.807, 2.05) is 32.0 Å². The molecule has 1 saturated heterocycles. The lowest BCUT2D eigenvalue weighted by atomic mass is 9.92. The van der Waals surface area contributed by atoms with Gasteiger partial charge in [0, 0.05) is 49.7 Å². The van der Waals surface area contributed by atoms with Crippen LogP contribution in [0.1, 0.15) is 80.1 Å². The number of carbonyl (C=O) groups is 2. The molecular weight excluding hydrogens is 468 g/mol. The molecule has 1 unspecified atom stereocenters. The molecule has 2 aliphatic carbocycles. The highest BCUT2D eigenvalue weighted by molar-refractivity contribution is 5.70. The molecule has 1 aliphatic heterocycles. The number of aryl methyl sites for hydroxylation is 3. The molecule has 1 aromatic carbocycles. The van der Waals surface area contributed by atoms with Crippen LogP contribution >= 0.6 is 0 Å². The SMILES string of the molecule is Cc1cc(N2CCC([N+](C)(C(=O)CC3CCCC3)[C@@H]3CCc4ccc(OC(=O)O)cc43)CC2)nc(C)n1. The second kappa shape index (κ2) is 10.4. The van der Waals surface area contributed by atoms with E-state index < -0.39 is 6.16 Å². The molecule has 0 bridgehead atoms. The van der Waals surface area contributed by atoms with E-state index >= 15 is 0 Å². The first-order valence-corrected chi connectivity index (χ1v) is 13.7. The Morgan fingerprint density at radius 1 is 1.05 bits per heavy atom. The molecular formula is C29H39N4O4+. The number of hydrogen-bond donors (Lipinski definition) is 1. The number of ether oxygens (including phenoxy) is 1. The lowest BCUT2D eigenvalue weighted by Gasteiger charge is -2.47. The summed E-state index contributed by atoms with van der Waals surface area (Å²) in [4.78, 5) is 36.8. The van der Waals surface area contributed by atoms with Crippen molar-refractivity contribution in [3.63, 3.8) is 0 Å². The van der Waals surface area contributed by atoms with Crippen LogP contribution in [0, 0.1) is 19.8 Å². The van der Waals surface area contributed by atoms with Gasteiger partial charge >= 0.3 is 12.1 Å². The van der Waals surface area contributed by atoms with Gasteiger partial charge < -0.3 is 14.7 Å². The number of aromatic nitrogens is 2. The zero-order valence-electron chi connectivity index (χ0n) is 22.3. The second-order valence-electron chi connectivity index (χ2n) is 11.3. The van der Waals surface area contributed by atoms with E-state index in [0.717, 1.165) is 74.5 Å². The standard InChI is InChI=1S/C29H38N4O4/c1-19-16-27(31-20(2)30-19)32-14-12-23(13-15-32)33(3,28(34)17-21-6-4-5-7-21)26-11-9-22-8-10-24(18-25(22)26)37-29(35)36/h8,10,16,18,21,23,26H,4-7,9,11-15,17H2,1-3H3/p+1/t26-,33?/m1/s1. The van der Waals surface area contributed by atoms with Gasteiger partial charge in [0.15, 0.2) is 0 Å². The Bertz CT molecular complexity index is 1150. The minimum absolute atomic E-state index is 0.0151. The van der Waals surface area contributed by atoms with Gasteiger partial charge in [0.05, 0.1) is 19.5 Å². The van der Waals surface area contributed by atoms with Gasteiger partial charge in [-0.2, -0.15) is 0 Å². The summed E-state index contributed by atoms with van der Waals surface area (Å²) in [6, 6.07) is 7.83. The first kappa shape index (κ1) is 25.6. The van der Waals surface area contributed by atoms with Gasteiger partial charge in [-0.15, -0.1) is 0 Å². The molecule has 2 aromatic rings. The first-order chi connectivity index (χ1) is 17.7. The van der Waals surface area contributed by atoms with Crippen molar-refractivity contribution in [2.24, 2.45) is 5.92 Å². The summed E-state index contributed by atoms with van der Waals surface area (Å²) in [6.07, 6.45) is 7.67. The molecule has 2 heterocycles. The number of piperidine rings is 1. The van der Waals surface area contributed by atoms with E-state index in [9.17, 15) is 9.59 Å². The van der Waals surface area contributed by atoms with Crippen LogP contribution in [0.25, 0.3) is 0 Å². The topological polar surface area (TPSA) is 92.6 Å². The summed E-state index contributed by atoms with van der Waals surface area (Å²) in [5.74, 6) is 2.90. The van der Waals surface area contributed by atoms with Gasteiger partial charge in [-0.25, -0.2) is 19.6 Å². The fourth-order valence-electron chi connectivity index (χ4n) is 7.06. The smallest absolute Gasteiger partial charge is 0.449 e. The highest BCUT2D eigenvalue weighted by atomic mass is 16.7. The summed E-state index contributed by atoms with van der Waals surface area (Å²) in [7, 11) is 2.15. The van der Waals surface area contributed by atoms with E-state index in [2.05, 4.69) is 21.9 Å². The number of fused-ring (bicyclic) bond motifs is 1. The maximum atomic E-state index is 14.2. The van der Waals surface area contributed by atoms with Crippen LogP contribution < -0.4 is 9.64 Å². The Balaban J connectivity index is 1.43. The van der Waals surface area contributed by atoms with Gasteiger partial charge in [0.25, 0.3) is 0 Å². The van der Waals surface area contributed by atoms with E-state index in [1.54, 1.807) is 6.07 Å². The van der Waals surface area contributed by atoms with E-state index in [-0.39, 0.29) is 12.1 Å². The van der Waals surface area contributed by atoms with Crippen molar-refractivity contribution >= 4 is 17.9 Å². The molecule has 3 aliphatic rings. The summed E-state index contributed by atoms with van der Waals surface area (Å²) >= 11 is 0. The quantitative estimate of drug-likeness (QED) is 0.320. The molecule has 37 heavy (non-hydrogen) atoms. The van der Waals surface area contributed by atoms with E-state index in [1.165, 1.54) is 18.4 Å². The van der Waals surface area contributed by atoms with Crippen molar-refractivity contribution in [2.75, 3.05) is 25.0 Å². The third kappa shape index (κ3) is 5.21. The second-order valence-corrected chi connectivity index (χ2v) is 11.3. The number of carboxylic acid groups (broad SMARTS) is 1. The number of hydrogen-bond acceptors (Lipinski definition) is 6. The third-order valence-corrected chi connectivity index (χ3v) is 8.99. The number of rotatable bonds is 6. The predicted molar refractivity (Wildman–Crippen MR) is 141 cm³/mol. The van der Waals surface area contributed by atoms with Gasteiger partial charge in [0.2, 0.25) is 0 Å². The van der Waals surface area contributed by atoms with Crippen LogP contribution in [0.3, 0.4) is 0 Å². The first-order valence-electron chi connectivity index (χ1n) is 13.7. The number of anilines is 1. The summed E-state index contributed by atoms with van der Waals surface area (Å²) in [5.41, 5.74) is 3.24. The van der Waals surface area contributed by atoms with Gasteiger partial charge in [0.1, 0.15) is 23.4 Å². The van der Waals surface area contributed by atoms with Crippen LogP contribution in [0.4, 0.5) is 10.6 Å². The fraction of sp³-hybridized carbons (Fsp3) is 0.586. The van der Waals surface area contributed by atoms with Crippen molar-refractivity contribution in [2.45, 2.75) is 83.7 Å². The fourth-order valence-corrected chi connectivity index (χ4v) is 7.06. The lowest BCUT2D eigenvalue weighted by Crippen LogP contribution is -2.61. The summed E-state index contributed by atoms with van der Waals surface area (Å²) < 4.78 is 5.40. The predicted octanol–water partition coefficient (Wildman–Crippen LogP) is 5.36. The molecule has 2 atom stereocenters. The number of nitrogens with zero attached hydrogens (tertiary/aromatic N) is 4. The highest BCUT2D eigenvalue weighted by Crippen LogP contribution is 2.46. The van der Waals surface area contributed by atoms with Gasteiger partial charge in [-0.1, -0.05) is 18.9 Å². The zero-order chi connectivity index (χ0) is 26.2. The Hall–Kier alpha value is -3.00. The molecule has 198 valence electrons. The van der Waals surface area contributed by atoms with Crippen LogP contribution in [-0.4, -0.2) is 57.8 Å². The monoisotopic (exact) mass is 507 g/mol. The van der Waals surface area contributed by atoms with Crippen LogP contribution in [0.5, 0.6) is 5.75 Å². The van der Waals surface area contributed by atoms with Crippen LogP contribution in [0.2, 0.25) is 0 Å². The van der Waals surface area contributed by atoms with E-state index in [4.69, 9.17) is 9.84 Å². The Labute approximate surface area is 219 Å². The van der Waals surface area contributed by atoms with Crippen molar-refractivity contribution in [3.05, 3.63) is 46.9 Å². The molecule has 1 N–H and O–H groups in total.